The van der Waals surface area contributed by atoms with E-state index in [4.69, 9.17) is 9.47 Å². The molecule has 0 spiro atoms. The standard InChI is InChI=1S/C28H45N3O6/c1-20(32)22(16-17-24(33)36-27(2,3)4)30-26(35)31-23(25(34)37-28(5,6)7)15-11-12-18-29-19-21-13-9-8-10-14-21/h8-10,13-14,22-23,29H,11-12,15-19H2,1-7H3,(H2,30,31,35). The van der Waals surface area contributed by atoms with Gasteiger partial charge in [-0.3, -0.25) is 9.59 Å². The summed E-state index contributed by atoms with van der Waals surface area (Å²) in [6.07, 6.45) is 1.95. The van der Waals surface area contributed by atoms with Gasteiger partial charge in [0.1, 0.15) is 17.2 Å². The van der Waals surface area contributed by atoms with Crippen LogP contribution in [0.4, 0.5) is 4.79 Å². The highest BCUT2D eigenvalue weighted by Crippen LogP contribution is 2.13. The molecule has 0 aliphatic rings. The highest BCUT2D eigenvalue weighted by Gasteiger charge is 2.28. The van der Waals surface area contributed by atoms with Gasteiger partial charge in [0.15, 0.2) is 5.78 Å². The van der Waals surface area contributed by atoms with Gasteiger partial charge in [0.25, 0.3) is 0 Å². The van der Waals surface area contributed by atoms with E-state index in [2.05, 4.69) is 28.1 Å². The Balaban J connectivity index is 2.62. The molecule has 208 valence electrons. The average Bonchev–Trinajstić information content (AvgIpc) is 2.76. The second-order valence-electron chi connectivity index (χ2n) is 11.2. The SMILES string of the molecule is CC(=O)C(CCC(=O)OC(C)(C)C)NC(=O)NC(CCCCNCc1ccccc1)C(=O)OC(C)(C)C. The Kier molecular flexibility index (Phi) is 13.3. The number of hydrogen-bond acceptors (Lipinski definition) is 7. The molecule has 9 heteroatoms. The molecule has 0 saturated heterocycles. The maximum Gasteiger partial charge on any atom is 0.329 e. The van der Waals surface area contributed by atoms with Crippen LogP contribution < -0.4 is 16.0 Å². The second kappa shape index (κ2) is 15.3. The summed E-state index contributed by atoms with van der Waals surface area (Å²) in [5, 5.41) is 8.61. The predicted octanol–water partition coefficient (Wildman–Crippen LogP) is 4.04. The average molecular weight is 520 g/mol. The zero-order valence-electron chi connectivity index (χ0n) is 23.4. The van der Waals surface area contributed by atoms with Crippen molar-refractivity contribution in [3.8, 4) is 0 Å². The molecule has 0 heterocycles. The Labute approximate surface area is 221 Å². The molecular formula is C28H45N3O6. The van der Waals surface area contributed by atoms with Crippen molar-refractivity contribution in [3.05, 3.63) is 35.9 Å². The lowest BCUT2D eigenvalue weighted by Crippen LogP contribution is -2.52. The molecule has 0 aromatic heterocycles. The lowest BCUT2D eigenvalue weighted by atomic mass is 10.1. The van der Waals surface area contributed by atoms with Gasteiger partial charge < -0.3 is 25.4 Å². The van der Waals surface area contributed by atoms with E-state index in [-0.39, 0.29) is 18.6 Å². The van der Waals surface area contributed by atoms with Crippen LogP contribution in [0.5, 0.6) is 0 Å². The van der Waals surface area contributed by atoms with Crippen LogP contribution in [0, 0.1) is 0 Å². The molecule has 0 fully saturated rings. The minimum atomic E-state index is -0.881. The van der Waals surface area contributed by atoms with Crippen LogP contribution >= 0.6 is 0 Å². The van der Waals surface area contributed by atoms with Gasteiger partial charge in [-0.15, -0.1) is 0 Å². The molecular weight excluding hydrogens is 474 g/mol. The van der Waals surface area contributed by atoms with Crippen LogP contribution in [0.15, 0.2) is 30.3 Å². The van der Waals surface area contributed by atoms with Crippen molar-refractivity contribution in [1.82, 2.24) is 16.0 Å². The summed E-state index contributed by atoms with van der Waals surface area (Å²) in [6, 6.07) is 7.65. The predicted molar refractivity (Wildman–Crippen MR) is 143 cm³/mol. The van der Waals surface area contributed by atoms with E-state index in [1.165, 1.54) is 12.5 Å². The number of hydrogen-bond donors (Lipinski definition) is 3. The summed E-state index contributed by atoms with van der Waals surface area (Å²) in [5.74, 6) is -1.28. The van der Waals surface area contributed by atoms with Crippen molar-refractivity contribution >= 4 is 23.8 Å². The zero-order valence-corrected chi connectivity index (χ0v) is 23.4. The number of esters is 2. The largest absolute Gasteiger partial charge is 0.460 e. The number of nitrogens with one attached hydrogen (secondary N) is 3. The summed E-state index contributed by atoms with van der Waals surface area (Å²) >= 11 is 0. The lowest BCUT2D eigenvalue weighted by molar-refractivity contribution is -0.157. The molecule has 0 aliphatic carbocycles. The van der Waals surface area contributed by atoms with Crippen LogP contribution in [0.25, 0.3) is 0 Å². The Morgan fingerprint density at radius 2 is 1.41 bits per heavy atom. The fourth-order valence-corrected chi connectivity index (χ4v) is 3.44. The highest BCUT2D eigenvalue weighted by molar-refractivity contribution is 5.89. The minimum absolute atomic E-state index is 0.0206. The van der Waals surface area contributed by atoms with Gasteiger partial charge in [-0.1, -0.05) is 30.3 Å². The van der Waals surface area contributed by atoms with Gasteiger partial charge >= 0.3 is 18.0 Å². The summed E-state index contributed by atoms with van der Waals surface area (Å²) in [7, 11) is 0. The molecule has 1 aromatic carbocycles. The molecule has 2 unspecified atom stereocenters. The topological polar surface area (TPSA) is 123 Å². The van der Waals surface area contributed by atoms with Gasteiger partial charge in [0.05, 0.1) is 6.04 Å². The minimum Gasteiger partial charge on any atom is -0.460 e. The zero-order chi connectivity index (χ0) is 28.1. The van der Waals surface area contributed by atoms with Crippen molar-refractivity contribution < 1.29 is 28.7 Å². The molecule has 3 N–H and O–H groups in total. The van der Waals surface area contributed by atoms with Crippen LogP contribution in [0.3, 0.4) is 0 Å². The van der Waals surface area contributed by atoms with Gasteiger partial charge in [0, 0.05) is 13.0 Å². The van der Waals surface area contributed by atoms with Crippen molar-refractivity contribution in [2.24, 2.45) is 0 Å². The first-order valence-electron chi connectivity index (χ1n) is 12.9. The summed E-state index contributed by atoms with van der Waals surface area (Å²) in [5.41, 5.74) is -0.148. The van der Waals surface area contributed by atoms with Gasteiger partial charge in [0.2, 0.25) is 0 Å². The number of urea groups is 1. The van der Waals surface area contributed by atoms with E-state index in [0.717, 1.165) is 19.5 Å². The van der Waals surface area contributed by atoms with Crippen LogP contribution in [0.1, 0.15) is 86.1 Å². The Hall–Kier alpha value is -2.94. The fourth-order valence-electron chi connectivity index (χ4n) is 3.44. The summed E-state index contributed by atoms with van der Waals surface area (Å²) in [4.78, 5) is 49.5. The third kappa shape index (κ3) is 15.7. The van der Waals surface area contributed by atoms with Crippen LogP contribution in [-0.4, -0.2) is 53.6 Å². The van der Waals surface area contributed by atoms with Crippen molar-refractivity contribution in [1.29, 1.82) is 0 Å². The molecule has 0 bridgehead atoms. The van der Waals surface area contributed by atoms with Gasteiger partial charge in [-0.25, -0.2) is 9.59 Å². The third-order valence-corrected chi connectivity index (χ3v) is 5.12. The van der Waals surface area contributed by atoms with Gasteiger partial charge in [-0.05, 0) is 86.3 Å². The second-order valence-corrected chi connectivity index (χ2v) is 11.2. The number of Topliss-reactive ketones (excluding diaryl/α,β-unsaturated/α-hetero) is 1. The molecule has 1 rings (SSSR count). The number of ketones is 1. The van der Waals surface area contributed by atoms with Crippen LogP contribution in [-0.2, 0) is 30.4 Å². The van der Waals surface area contributed by atoms with Crippen LogP contribution in [0.2, 0.25) is 0 Å². The Morgan fingerprint density at radius 1 is 0.811 bits per heavy atom. The quantitative estimate of drug-likeness (QED) is 0.250. The number of benzene rings is 1. The Morgan fingerprint density at radius 3 is 1.97 bits per heavy atom. The van der Waals surface area contributed by atoms with Crippen molar-refractivity contribution in [3.63, 3.8) is 0 Å². The summed E-state index contributed by atoms with van der Waals surface area (Å²) in [6.45, 7) is 13.4. The Bertz CT molecular complexity index is 874. The number of unbranched alkanes of at least 4 members (excludes halogenated alkanes) is 1. The molecule has 2 atom stereocenters. The molecule has 0 radical (unpaired) electrons. The van der Waals surface area contributed by atoms with E-state index in [1.807, 2.05) is 18.2 Å². The van der Waals surface area contributed by atoms with E-state index in [0.29, 0.717) is 12.8 Å². The highest BCUT2D eigenvalue weighted by atomic mass is 16.6. The monoisotopic (exact) mass is 519 g/mol. The number of ether oxygens (including phenoxy) is 2. The lowest BCUT2D eigenvalue weighted by Gasteiger charge is -2.25. The maximum absolute atomic E-state index is 12.8. The number of rotatable bonds is 14. The molecule has 0 saturated carbocycles. The van der Waals surface area contributed by atoms with Crippen molar-refractivity contribution in [2.75, 3.05) is 6.54 Å². The normalized spacial score (nSPS) is 13.3. The number of carbonyl (C=O) groups is 4. The summed E-state index contributed by atoms with van der Waals surface area (Å²) < 4.78 is 10.8. The first-order chi connectivity index (χ1) is 17.2. The van der Waals surface area contributed by atoms with Gasteiger partial charge in [-0.2, -0.15) is 0 Å². The van der Waals surface area contributed by atoms with E-state index >= 15 is 0 Å². The maximum atomic E-state index is 12.8. The number of carbonyl (C=O) groups excluding carboxylic acids is 4. The van der Waals surface area contributed by atoms with Crippen molar-refractivity contribution in [2.45, 2.75) is 110 Å². The molecule has 9 nitrogen and oxygen atoms in total. The third-order valence-electron chi connectivity index (χ3n) is 5.12. The first kappa shape index (κ1) is 32.1. The molecule has 0 aliphatic heterocycles. The molecule has 1 aromatic rings. The first-order valence-corrected chi connectivity index (χ1v) is 12.9. The molecule has 2 amide bonds. The van der Waals surface area contributed by atoms with E-state index < -0.39 is 41.3 Å². The smallest absolute Gasteiger partial charge is 0.329 e. The van der Waals surface area contributed by atoms with E-state index in [1.54, 1.807) is 41.5 Å². The molecule has 37 heavy (non-hydrogen) atoms. The number of amides is 2. The van der Waals surface area contributed by atoms with E-state index in [9.17, 15) is 19.2 Å². The fraction of sp³-hybridized carbons (Fsp3) is 0.643.